The fourth-order valence-corrected chi connectivity index (χ4v) is 1.67. The Kier molecular flexibility index (Phi) is 3.19. The highest BCUT2D eigenvalue weighted by molar-refractivity contribution is 5.94. The first-order valence-corrected chi connectivity index (χ1v) is 5.29. The molecule has 86 valence electrons. The summed E-state index contributed by atoms with van der Waals surface area (Å²) in [5.74, 6) is -0.494. The van der Waals surface area contributed by atoms with Crippen LogP contribution in [-0.2, 0) is 4.79 Å². The maximum Gasteiger partial charge on any atom is 0.221 e. The van der Waals surface area contributed by atoms with Crippen LogP contribution in [0.15, 0.2) is 48.5 Å². The van der Waals surface area contributed by atoms with Gasteiger partial charge < -0.3 is 5.32 Å². The molecule has 2 nitrogen and oxygen atoms in total. The second-order valence-electron chi connectivity index (χ2n) is 3.74. The van der Waals surface area contributed by atoms with Gasteiger partial charge in [-0.05, 0) is 23.8 Å². The van der Waals surface area contributed by atoms with Crippen LogP contribution in [0.1, 0.15) is 6.92 Å². The smallest absolute Gasteiger partial charge is 0.221 e. The molecule has 2 aromatic rings. The molecule has 0 saturated heterocycles. The zero-order valence-corrected chi connectivity index (χ0v) is 9.41. The predicted molar refractivity (Wildman–Crippen MR) is 66.1 cm³/mol. The standard InChI is InChI=1S/C14H12FNO/c1-10(17)16-14-8-7-12(15)9-13(14)11-5-3-2-4-6-11/h2-9H,1H3,(H,16,17). The van der Waals surface area contributed by atoms with Gasteiger partial charge in [0.15, 0.2) is 0 Å². The third-order valence-electron chi connectivity index (χ3n) is 2.38. The van der Waals surface area contributed by atoms with Crippen molar-refractivity contribution in [3.8, 4) is 11.1 Å². The molecule has 0 spiro atoms. The molecule has 17 heavy (non-hydrogen) atoms. The zero-order chi connectivity index (χ0) is 12.3. The van der Waals surface area contributed by atoms with Gasteiger partial charge in [-0.25, -0.2) is 4.39 Å². The number of amides is 1. The number of carbonyl (C=O) groups is 1. The number of anilines is 1. The molecule has 0 heterocycles. The minimum atomic E-state index is -0.321. The first-order chi connectivity index (χ1) is 8.16. The van der Waals surface area contributed by atoms with Crippen LogP contribution in [0.2, 0.25) is 0 Å². The topological polar surface area (TPSA) is 29.1 Å². The van der Waals surface area contributed by atoms with Gasteiger partial charge >= 0.3 is 0 Å². The summed E-state index contributed by atoms with van der Waals surface area (Å²) < 4.78 is 13.3. The van der Waals surface area contributed by atoms with Gasteiger partial charge in [0.1, 0.15) is 5.82 Å². The van der Waals surface area contributed by atoms with E-state index in [-0.39, 0.29) is 11.7 Å². The molecule has 2 rings (SSSR count). The Morgan fingerprint density at radius 1 is 1.12 bits per heavy atom. The van der Waals surface area contributed by atoms with Crippen LogP contribution >= 0.6 is 0 Å². The van der Waals surface area contributed by atoms with Gasteiger partial charge in [0.25, 0.3) is 0 Å². The third kappa shape index (κ3) is 2.69. The van der Waals surface area contributed by atoms with Gasteiger partial charge in [0.05, 0.1) is 0 Å². The van der Waals surface area contributed by atoms with Crippen molar-refractivity contribution >= 4 is 11.6 Å². The van der Waals surface area contributed by atoms with E-state index in [1.165, 1.54) is 19.1 Å². The third-order valence-corrected chi connectivity index (χ3v) is 2.38. The number of hydrogen-bond acceptors (Lipinski definition) is 1. The van der Waals surface area contributed by atoms with Gasteiger partial charge in [-0.3, -0.25) is 4.79 Å². The number of carbonyl (C=O) groups excluding carboxylic acids is 1. The van der Waals surface area contributed by atoms with Crippen molar-refractivity contribution in [2.45, 2.75) is 6.92 Å². The SMILES string of the molecule is CC(=O)Nc1ccc(F)cc1-c1ccccc1. The van der Waals surface area contributed by atoms with E-state index in [1.807, 2.05) is 30.3 Å². The van der Waals surface area contributed by atoms with Crippen molar-refractivity contribution in [3.05, 3.63) is 54.3 Å². The molecule has 0 aliphatic heterocycles. The maximum atomic E-state index is 13.3. The normalized spacial score (nSPS) is 10.0. The Bertz CT molecular complexity index is 537. The molecule has 0 aliphatic rings. The molecule has 0 aliphatic carbocycles. The molecule has 0 bridgehead atoms. The number of rotatable bonds is 2. The van der Waals surface area contributed by atoms with Crippen LogP contribution in [0.25, 0.3) is 11.1 Å². The Labute approximate surface area is 99.1 Å². The van der Waals surface area contributed by atoms with Crippen molar-refractivity contribution in [1.82, 2.24) is 0 Å². The lowest BCUT2D eigenvalue weighted by Gasteiger charge is -2.10. The lowest BCUT2D eigenvalue weighted by atomic mass is 10.0. The maximum absolute atomic E-state index is 13.3. The first-order valence-electron chi connectivity index (χ1n) is 5.29. The first kappa shape index (κ1) is 11.3. The highest BCUT2D eigenvalue weighted by atomic mass is 19.1. The average Bonchev–Trinajstić information content (AvgIpc) is 2.32. The average molecular weight is 229 g/mol. The highest BCUT2D eigenvalue weighted by Gasteiger charge is 2.07. The van der Waals surface area contributed by atoms with Crippen molar-refractivity contribution in [2.24, 2.45) is 0 Å². The van der Waals surface area contributed by atoms with E-state index >= 15 is 0 Å². The largest absolute Gasteiger partial charge is 0.326 e. The lowest BCUT2D eigenvalue weighted by Crippen LogP contribution is -2.07. The molecule has 2 aromatic carbocycles. The van der Waals surface area contributed by atoms with Crippen LogP contribution in [0.3, 0.4) is 0 Å². The number of benzene rings is 2. The van der Waals surface area contributed by atoms with E-state index in [0.717, 1.165) is 5.56 Å². The number of halogens is 1. The van der Waals surface area contributed by atoms with Crippen molar-refractivity contribution < 1.29 is 9.18 Å². The van der Waals surface area contributed by atoms with Crippen LogP contribution in [0, 0.1) is 5.82 Å². The van der Waals surface area contributed by atoms with Gasteiger partial charge in [-0.15, -0.1) is 0 Å². The molecule has 0 aromatic heterocycles. The Balaban J connectivity index is 2.51. The molecule has 0 saturated carbocycles. The van der Waals surface area contributed by atoms with Gasteiger partial charge in [0, 0.05) is 18.2 Å². The molecule has 0 unspecified atom stereocenters. The van der Waals surface area contributed by atoms with Crippen molar-refractivity contribution in [3.63, 3.8) is 0 Å². The Morgan fingerprint density at radius 3 is 2.47 bits per heavy atom. The van der Waals surface area contributed by atoms with Crippen LogP contribution in [-0.4, -0.2) is 5.91 Å². The number of hydrogen-bond donors (Lipinski definition) is 1. The summed E-state index contributed by atoms with van der Waals surface area (Å²) in [5.41, 5.74) is 2.17. The summed E-state index contributed by atoms with van der Waals surface area (Å²) in [6, 6.07) is 13.7. The van der Waals surface area contributed by atoms with Crippen molar-refractivity contribution in [1.29, 1.82) is 0 Å². The van der Waals surface area contributed by atoms with Gasteiger partial charge in [-0.1, -0.05) is 30.3 Å². The lowest BCUT2D eigenvalue weighted by molar-refractivity contribution is -0.114. The summed E-state index contributed by atoms with van der Waals surface area (Å²) in [4.78, 5) is 11.1. The monoisotopic (exact) mass is 229 g/mol. The van der Waals surface area contributed by atoms with E-state index in [1.54, 1.807) is 6.07 Å². The fourth-order valence-electron chi connectivity index (χ4n) is 1.67. The zero-order valence-electron chi connectivity index (χ0n) is 9.41. The Hall–Kier alpha value is -2.16. The molecule has 3 heteroatoms. The quantitative estimate of drug-likeness (QED) is 0.839. The molecular weight excluding hydrogens is 217 g/mol. The molecule has 1 N–H and O–H groups in total. The molecule has 0 fully saturated rings. The molecular formula is C14H12FNO. The molecule has 1 amide bonds. The fraction of sp³-hybridized carbons (Fsp3) is 0.0714. The second-order valence-corrected chi connectivity index (χ2v) is 3.74. The van der Waals surface area contributed by atoms with Crippen LogP contribution in [0.4, 0.5) is 10.1 Å². The summed E-state index contributed by atoms with van der Waals surface area (Å²) in [5, 5.41) is 2.69. The summed E-state index contributed by atoms with van der Waals surface area (Å²) in [6.45, 7) is 1.43. The minimum Gasteiger partial charge on any atom is -0.326 e. The van der Waals surface area contributed by atoms with E-state index < -0.39 is 0 Å². The van der Waals surface area contributed by atoms with Gasteiger partial charge in [0.2, 0.25) is 5.91 Å². The van der Waals surface area contributed by atoms with E-state index in [9.17, 15) is 9.18 Å². The van der Waals surface area contributed by atoms with Gasteiger partial charge in [-0.2, -0.15) is 0 Å². The van der Waals surface area contributed by atoms with E-state index in [4.69, 9.17) is 0 Å². The second kappa shape index (κ2) is 4.78. The molecule has 0 atom stereocenters. The van der Waals surface area contributed by atoms with Crippen LogP contribution in [0.5, 0.6) is 0 Å². The van der Waals surface area contributed by atoms with E-state index in [0.29, 0.717) is 11.3 Å². The van der Waals surface area contributed by atoms with Crippen molar-refractivity contribution in [2.75, 3.05) is 5.32 Å². The summed E-state index contributed by atoms with van der Waals surface area (Å²) in [6.07, 6.45) is 0. The minimum absolute atomic E-state index is 0.172. The highest BCUT2D eigenvalue weighted by Crippen LogP contribution is 2.28. The Morgan fingerprint density at radius 2 is 1.82 bits per heavy atom. The summed E-state index contributed by atoms with van der Waals surface area (Å²) >= 11 is 0. The number of nitrogens with one attached hydrogen (secondary N) is 1. The van der Waals surface area contributed by atoms with Crippen LogP contribution < -0.4 is 5.32 Å². The predicted octanol–water partition coefficient (Wildman–Crippen LogP) is 3.45. The summed E-state index contributed by atoms with van der Waals surface area (Å²) in [7, 11) is 0. The van der Waals surface area contributed by atoms with E-state index in [2.05, 4.69) is 5.32 Å². The molecule has 0 radical (unpaired) electrons.